The molecule has 4 heterocycles. The molecule has 2 unspecified atom stereocenters. The van der Waals surface area contributed by atoms with E-state index in [-0.39, 0.29) is 28.8 Å². The van der Waals surface area contributed by atoms with Gasteiger partial charge in [0.2, 0.25) is 0 Å². The Balaban J connectivity index is 1.34. The second kappa shape index (κ2) is 9.28. The molecule has 0 bridgehead atoms. The zero-order chi connectivity index (χ0) is 25.7. The summed E-state index contributed by atoms with van der Waals surface area (Å²) in [6.07, 6.45) is 5.86. The molecule has 2 aromatic rings. The van der Waals surface area contributed by atoms with Crippen molar-refractivity contribution in [2.45, 2.75) is 19.4 Å². The molecule has 6 rings (SSSR count). The molecular formula is C26H24ClFN6O3. The van der Waals surface area contributed by atoms with Crippen molar-refractivity contribution in [2.24, 2.45) is 5.92 Å². The number of allylic oxidation sites excluding steroid dienone is 3. The quantitative estimate of drug-likeness (QED) is 0.528. The number of amides is 2. The molecule has 11 heteroatoms. The Bertz CT molecular complexity index is 1420. The molecular weight excluding hydrogens is 499 g/mol. The van der Waals surface area contributed by atoms with Crippen LogP contribution in [0.1, 0.15) is 18.9 Å². The van der Waals surface area contributed by atoms with E-state index in [4.69, 9.17) is 16.3 Å². The van der Waals surface area contributed by atoms with Gasteiger partial charge in [-0.3, -0.25) is 9.59 Å². The van der Waals surface area contributed by atoms with Gasteiger partial charge in [-0.2, -0.15) is 0 Å². The second-order valence-electron chi connectivity index (χ2n) is 9.41. The lowest BCUT2D eigenvalue weighted by atomic mass is 10.0. The number of hydrogen-bond acceptors (Lipinski definition) is 7. The third-order valence-electron chi connectivity index (χ3n) is 6.91. The number of nitrogens with zero attached hydrogens (tertiary/aromatic N) is 3. The summed E-state index contributed by atoms with van der Waals surface area (Å²) >= 11 is 5.93. The number of ether oxygens (including phenoxy) is 1. The lowest BCUT2D eigenvalue weighted by molar-refractivity contribution is -0.131. The average molecular weight is 523 g/mol. The first-order valence-electron chi connectivity index (χ1n) is 12.1. The van der Waals surface area contributed by atoms with Crippen molar-refractivity contribution in [3.05, 3.63) is 69.9 Å². The van der Waals surface area contributed by atoms with Crippen molar-refractivity contribution in [2.75, 3.05) is 36.9 Å². The summed E-state index contributed by atoms with van der Waals surface area (Å²) in [6, 6.07) is 4.36. The minimum absolute atomic E-state index is 0.0304. The van der Waals surface area contributed by atoms with Crippen LogP contribution in [-0.2, 0) is 14.3 Å². The molecule has 1 aromatic heterocycles. The molecule has 190 valence electrons. The predicted octanol–water partition coefficient (Wildman–Crippen LogP) is 3.40. The van der Waals surface area contributed by atoms with Crippen LogP contribution in [0.2, 0.25) is 5.02 Å². The molecule has 0 spiro atoms. The van der Waals surface area contributed by atoms with E-state index in [1.807, 2.05) is 17.9 Å². The number of benzene rings is 1. The van der Waals surface area contributed by atoms with E-state index in [0.717, 1.165) is 23.3 Å². The van der Waals surface area contributed by atoms with Gasteiger partial charge in [0.25, 0.3) is 11.8 Å². The van der Waals surface area contributed by atoms with Gasteiger partial charge in [0.15, 0.2) is 0 Å². The Kier molecular flexibility index (Phi) is 5.92. The molecule has 2 fully saturated rings. The number of anilines is 3. The zero-order valence-corrected chi connectivity index (χ0v) is 20.7. The van der Waals surface area contributed by atoms with Crippen molar-refractivity contribution < 1.29 is 18.7 Å². The van der Waals surface area contributed by atoms with Gasteiger partial charge in [-0.05, 0) is 49.3 Å². The van der Waals surface area contributed by atoms with E-state index in [2.05, 4.69) is 25.9 Å². The predicted molar refractivity (Wildman–Crippen MR) is 137 cm³/mol. The normalized spacial score (nSPS) is 23.5. The molecule has 1 aromatic carbocycles. The second-order valence-corrected chi connectivity index (χ2v) is 9.81. The Hall–Kier alpha value is -3.76. The first-order chi connectivity index (χ1) is 17.9. The Morgan fingerprint density at radius 1 is 1.30 bits per heavy atom. The van der Waals surface area contributed by atoms with Gasteiger partial charge in [-0.1, -0.05) is 11.6 Å². The van der Waals surface area contributed by atoms with Gasteiger partial charge in [0.1, 0.15) is 23.8 Å². The lowest BCUT2D eigenvalue weighted by Gasteiger charge is -2.28. The number of halogens is 2. The molecule has 3 aliphatic heterocycles. The largest absolute Gasteiger partial charge is 0.382 e. The number of fused-ring (bicyclic) bond motifs is 2. The van der Waals surface area contributed by atoms with Crippen molar-refractivity contribution in [3.8, 4) is 0 Å². The number of carbonyl (C=O) groups is 2. The van der Waals surface area contributed by atoms with Gasteiger partial charge in [0, 0.05) is 42.0 Å². The van der Waals surface area contributed by atoms with E-state index < -0.39 is 5.82 Å². The highest BCUT2D eigenvalue weighted by Crippen LogP contribution is 2.43. The van der Waals surface area contributed by atoms with Gasteiger partial charge in [-0.25, -0.2) is 14.4 Å². The minimum atomic E-state index is -0.530. The van der Waals surface area contributed by atoms with E-state index >= 15 is 0 Å². The van der Waals surface area contributed by atoms with Crippen LogP contribution in [0.25, 0.3) is 5.57 Å². The van der Waals surface area contributed by atoms with Crippen LogP contribution in [-0.4, -0.2) is 59.0 Å². The maximum Gasteiger partial charge on any atom is 0.257 e. The fraction of sp³-hybridized carbons (Fsp3) is 0.308. The maximum atomic E-state index is 13.6. The van der Waals surface area contributed by atoms with Crippen LogP contribution >= 0.6 is 11.6 Å². The average Bonchev–Trinajstić information content (AvgIpc) is 3.57. The van der Waals surface area contributed by atoms with Crippen LogP contribution in [0.15, 0.2) is 53.5 Å². The number of rotatable bonds is 4. The molecule has 4 aliphatic rings. The maximum absolute atomic E-state index is 13.6. The van der Waals surface area contributed by atoms with Crippen molar-refractivity contribution in [1.29, 1.82) is 0 Å². The van der Waals surface area contributed by atoms with Crippen LogP contribution < -0.4 is 16.0 Å². The molecule has 1 aliphatic carbocycles. The molecule has 37 heavy (non-hydrogen) atoms. The first-order valence-corrected chi connectivity index (χ1v) is 12.4. The highest BCUT2D eigenvalue weighted by molar-refractivity contribution is 6.33. The van der Waals surface area contributed by atoms with Crippen molar-refractivity contribution >= 4 is 46.3 Å². The Morgan fingerprint density at radius 3 is 2.89 bits per heavy atom. The third-order valence-corrected chi connectivity index (χ3v) is 7.20. The smallest absolute Gasteiger partial charge is 0.257 e. The van der Waals surface area contributed by atoms with E-state index in [0.29, 0.717) is 54.8 Å². The molecule has 1 saturated heterocycles. The summed E-state index contributed by atoms with van der Waals surface area (Å²) in [5.74, 6) is 0.0960. The van der Waals surface area contributed by atoms with Crippen molar-refractivity contribution in [1.82, 2.24) is 20.2 Å². The summed E-state index contributed by atoms with van der Waals surface area (Å²) in [5.41, 5.74) is 3.82. The molecule has 0 radical (unpaired) electrons. The minimum Gasteiger partial charge on any atom is -0.382 e. The Labute approximate surface area is 217 Å². The van der Waals surface area contributed by atoms with Crippen LogP contribution in [0.4, 0.5) is 21.7 Å². The summed E-state index contributed by atoms with van der Waals surface area (Å²) in [7, 11) is 0. The fourth-order valence-corrected chi connectivity index (χ4v) is 5.18. The zero-order valence-electron chi connectivity index (χ0n) is 20.0. The highest BCUT2D eigenvalue weighted by atomic mass is 35.5. The van der Waals surface area contributed by atoms with Gasteiger partial charge in [-0.15, -0.1) is 0 Å². The summed E-state index contributed by atoms with van der Waals surface area (Å²) < 4.78 is 19.0. The number of morpholine rings is 1. The van der Waals surface area contributed by atoms with Crippen molar-refractivity contribution in [3.63, 3.8) is 0 Å². The Morgan fingerprint density at radius 2 is 2.11 bits per heavy atom. The van der Waals surface area contributed by atoms with E-state index in [1.54, 1.807) is 6.08 Å². The fourth-order valence-electron chi connectivity index (χ4n) is 5.00. The molecule has 2 amide bonds. The summed E-state index contributed by atoms with van der Waals surface area (Å²) in [4.78, 5) is 36.6. The molecule has 1 saturated carbocycles. The summed E-state index contributed by atoms with van der Waals surface area (Å²) in [6.45, 7) is 4.22. The molecule has 2 atom stereocenters. The van der Waals surface area contributed by atoms with Gasteiger partial charge >= 0.3 is 0 Å². The van der Waals surface area contributed by atoms with E-state index in [1.165, 1.54) is 24.5 Å². The van der Waals surface area contributed by atoms with Gasteiger partial charge in [0.05, 0.1) is 29.4 Å². The standard InChI is InChI=1S/C26H24ClFN6O3/c1-13-8-15(31-20-11-16(20)21(13)26(36)34-4-6-37-7-5-34)9-17-22-23(29-12-30-24(22)33-25(17)35)32-14-2-3-19(28)18(27)10-14/h2-3,8-10,12,16,20,31H,4-7,11H2,1H3,(H2,29,30,32,33,35)/b17-9-. The van der Waals surface area contributed by atoms with E-state index in [9.17, 15) is 14.0 Å². The molecule has 3 N–H and O–H groups in total. The monoisotopic (exact) mass is 522 g/mol. The third kappa shape index (κ3) is 4.47. The highest BCUT2D eigenvalue weighted by Gasteiger charge is 2.46. The number of aromatic nitrogens is 2. The van der Waals surface area contributed by atoms with Crippen LogP contribution in [0, 0.1) is 11.7 Å². The summed E-state index contributed by atoms with van der Waals surface area (Å²) in [5, 5.41) is 9.34. The van der Waals surface area contributed by atoms with Crippen LogP contribution in [0.5, 0.6) is 0 Å². The number of nitrogens with one attached hydrogen (secondary N) is 3. The molecule has 9 nitrogen and oxygen atoms in total. The SMILES string of the molecule is CC1=C(C(=O)N2CCOCC2)C2CC2NC(/C=C2\C(=O)Nc3ncnc(Nc4ccc(F)c(Cl)c4)c32)=C1. The van der Waals surface area contributed by atoms with Crippen LogP contribution in [0.3, 0.4) is 0 Å². The number of hydrogen-bond donors (Lipinski definition) is 3. The number of carbonyl (C=O) groups excluding carboxylic acids is 2. The lowest BCUT2D eigenvalue weighted by Crippen LogP contribution is -2.42. The topological polar surface area (TPSA) is 108 Å². The first kappa shape index (κ1) is 23.6. The van der Waals surface area contributed by atoms with Gasteiger partial charge < -0.3 is 25.6 Å².